The number of hydrogen-bond acceptors (Lipinski definition) is 3. The quantitative estimate of drug-likeness (QED) is 0.334. The summed E-state index contributed by atoms with van der Waals surface area (Å²) >= 11 is 1.80. The van der Waals surface area contributed by atoms with Gasteiger partial charge in [0.2, 0.25) is 0 Å². The van der Waals surface area contributed by atoms with Gasteiger partial charge in [-0.2, -0.15) is 0 Å². The summed E-state index contributed by atoms with van der Waals surface area (Å²) in [4.78, 5) is 2.57. The van der Waals surface area contributed by atoms with Gasteiger partial charge in [-0.15, -0.1) is 11.3 Å². The highest BCUT2D eigenvalue weighted by Crippen LogP contribution is 2.29. The highest BCUT2D eigenvalue weighted by atomic mass is 32.1. The minimum Gasteiger partial charge on any atom is -0.508 e. The molecule has 0 saturated heterocycles. The summed E-state index contributed by atoms with van der Waals surface area (Å²) in [5.41, 5.74) is 4.93. The molecule has 0 aliphatic heterocycles. The van der Waals surface area contributed by atoms with Crippen molar-refractivity contribution in [2.75, 3.05) is 6.61 Å². The van der Waals surface area contributed by atoms with Gasteiger partial charge >= 0.3 is 0 Å². The predicted molar refractivity (Wildman–Crippen MR) is 134 cm³/mol. The normalized spacial score (nSPS) is 11.0. The Morgan fingerprint density at radius 2 is 1.72 bits per heavy atom. The average molecular weight is 437 g/mol. The van der Waals surface area contributed by atoms with E-state index in [0.717, 1.165) is 28.0 Å². The monoisotopic (exact) mass is 436 g/mol. The summed E-state index contributed by atoms with van der Waals surface area (Å²) in [5, 5.41) is 9.71. The van der Waals surface area contributed by atoms with Gasteiger partial charge in [0.15, 0.2) is 0 Å². The molecule has 158 valence electrons. The van der Waals surface area contributed by atoms with Crippen molar-refractivity contribution in [3.8, 4) is 33.8 Å². The van der Waals surface area contributed by atoms with E-state index < -0.39 is 0 Å². The summed E-state index contributed by atoms with van der Waals surface area (Å²) < 4.78 is 5.89. The summed E-state index contributed by atoms with van der Waals surface area (Å²) in [6.45, 7) is 4.36. The van der Waals surface area contributed by atoms with Crippen LogP contribution >= 0.6 is 11.3 Å². The lowest BCUT2D eigenvalue weighted by Gasteiger charge is -2.07. The molecule has 0 radical (unpaired) electrons. The maximum Gasteiger partial charge on any atom is 0.120 e. The molecule has 0 aliphatic rings. The van der Waals surface area contributed by atoms with Crippen LogP contribution in [0.1, 0.15) is 21.6 Å². The Labute approximate surface area is 193 Å². The second-order valence-corrected chi connectivity index (χ2v) is 8.77. The van der Waals surface area contributed by atoms with Crippen molar-refractivity contribution >= 4 is 16.9 Å². The number of aryl methyl sites for hydroxylation is 2. The van der Waals surface area contributed by atoms with Crippen LogP contribution < -0.4 is 4.74 Å². The standard InChI is InChI=1S/C29H24O2S/c1-21-20-27(15-16-28(21)30)31-19-18-25(10-9-23-6-4-3-5-7-23)24-11-13-26(14-12-24)29-17-8-22(2)32-29/h3-8,11-18,20,30H,19H2,1-2H3/b25-18-. The third-order valence-corrected chi connectivity index (χ3v) is 6.09. The molecule has 0 atom stereocenters. The van der Waals surface area contributed by atoms with E-state index in [1.54, 1.807) is 23.5 Å². The zero-order chi connectivity index (χ0) is 22.3. The third kappa shape index (κ3) is 5.49. The zero-order valence-electron chi connectivity index (χ0n) is 18.1. The van der Waals surface area contributed by atoms with Crippen LogP contribution in [0.2, 0.25) is 0 Å². The van der Waals surface area contributed by atoms with Crippen molar-refractivity contribution in [3.05, 3.63) is 113 Å². The molecule has 2 nitrogen and oxygen atoms in total. The van der Waals surface area contributed by atoms with Gasteiger partial charge in [-0.25, -0.2) is 0 Å². The Kier molecular flexibility index (Phi) is 6.75. The molecular weight excluding hydrogens is 412 g/mol. The highest BCUT2D eigenvalue weighted by molar-refractivity contribution is 7.15. The number of ether oxygens (including phenoxy) is 1. The first kappa shape index (κ1) is 21.5. The molecule has 0 bridgehead atoms. The Hall–Kier alpha value is -3.74. The van der Waals surface area contributed by atoms with Crippen LogP contribution in [-0.4, -0.2) is 11.7 Å². The molecule has 0 amide bonds. The van der Waals surface area contributed by atoms with E-state index in [1.165, 1.54) is 15.3 Å². The van der Waals surface area contributed by atoms with Gasteiger partial charge in [0, 0.05) is 20.9 Å². The average Bonchev–Trinajstić information content (AvgIpc) is 3.25. The van der Waals surface area contributed by atoms with Crippen LogP contribution in [0.15, 0.2) is 91.0 Å². The number of phenols is 1. The van der Waals surface area contributed by atoms with Crippen molar-refractivity contribution in [2.45, 2.75) is 13.8 Å². The zero-order valence-corrected chi connectivity index (χ0v) is 18.9. The van der Waals surface area contributed by atoms with E-state index in [0.29, 0.717) is 6.61 Å². The molecule has 0 aliphatic carbocycles. The Morgan fingerprint density at radius 1 is 0.938 bits per heavy atom. The molecule has 0 saturated carbocycles. The number of thiophene rings is 1. The Balaban J connectivity index is 1.59. The van der Waals surface area contributed by atoms with Gasteiger partial charge in [-0.1, -0.05) is 54.3 Å². The smallest absolute Gasteiger partial charge is 0.120 e. The first-order valence-electron chi connectivity index (χ1n) is 10.5. The molecule has 32 heavy (non-hydrogen) atoms. The number of hydrogen-bond donors (Lipinski definition) is 1. The number of aromatic hydroxyl groups is 1. The van der Waals surface area contributed by atoms with Crippen molar-refractivity contribution in [1.29, 1.82) is 0 Å². The molecule has 0 fully saturated rings. The lowest BCUT2D eigenvalue weighted by Crippen LogP contribution is -1.95. The molecule has 0 unspecified atom stereocenters. The fourth-order valence-electron chi connectivity index (χ4n) is 3.24. The lowest BCUT2D eigenvalue weighted by molar-refractivity contribution is 0.362. The maximum absolute atomic E-state index is 9.71. The van der Waals surface area contributed by atoms with Crippen molar-refractivity contribution in [2.24, 2.45) is 0 Å². The van der Waals surface area contributed by atoms with Gasteiger partial charge < -0.3 is 9.84 Å². The van der Waals surface area contributed by atoms with Crippen LogP contribution in [-0.2, 0) is 0 Å². The summed E-state index contributed by atoms with van der Waals surface area (Å²) in [6, 6.07) is 28.0. The molecule has 3 aromatic carbocycles. The Bertz CT molecular complexity index is 1290. The van der Waals surface area contributed by atoms with E-state index in [-0.39, 0.29) is 5.75 Å². The molecule has 3 heteroatoms. The van der Waals surface area contributed by atoms with Crippen molar-refractivity contribution in [3.63, 3.8) is 0 Å². The van der Waals surface area contributed by atoms with Crippen LogP contribution in [0, 0.1) is 25.7 Å². The lowest BCUT2D eigenvalue weighted by atomic mass is 10.0. The second-order valence-electron chi connectivity index (χ2n) is 7.48. The van der Waals surface area contributed by atoms with Crippen LogP contribution in [0.5, 0.6) is 11.5 Å². The number of allylic oxidation sites excluding steroid dienone is 1. The van der Waals surface area contributed by atoms with Crippen molar-refractivity contribution in [1.82, 2.24) is 0 Å². The number of phenolic OH excluding ortho intramolecular Hbond substituents is 1. The van der Waals surface area contributed by atoms with E-state index >= 15 is 0 Å². The molecule has 1 aromatic heterocycles. The van der Waals surface area contributed by atoms with Gasteiger partial charge in [0.05, 0.1) is 0 Å². The summed E-state index contributed by atoms with van der Waals surface area (Å²) in [6.07, 6.45) is 2.00. The highest BCUT2D eigenvalue weighted by Gasteiger charge is 2.04. The molecule has 0 spiro atoms. The van der Waals surface area contributed by atoms with Gasteiger partial charge in [-0.05, 0) is 79.1 Å². The molecule has 4 rings (SSSR count). The SMILES string of the molecule is Cc1ccc(-c2ccc(/C(C#Cc3ccccc3)=C\COc3ccc(O)c(C)c3)cc2)s1. The predicted octanol–water partition coefficient (Wildman–Crippen LogP) is 7.25. The first-order valence-corrected chi connectivity index (χ1v) is 11.3. The largest absolute Gasteiger partial charge is 0.508 e. The minimum atomic E-state index is 0.267. The maximum atomic E-state index is 9.71. The first-order chi connectivity index (χ1) is 15.6. The van der Waals surface area contributed by atoms with Crippen LogP contribution in [0.3, 0.4) is 0 Å². The molecule has 1 N–H and O–H groups in total. The van der Waals surface area contributed by atoms with Gasteiger partial charge in [0.1, 0.15) is 18.1 Å². The van der Waals surface area contributed by atoms with E-state index in [2.05, 4.69) is 55.2 Å². The molecule has 4 aromatic rings. The van der Waals surface area contributed by atoms with Crippen LogP contribution in [0.25, 0.3) is 16.0 Å². The summed E-state index contributed by atoms with van der Waals surface area (Å²) in [5.74, 6) is 7.55. The molecular formula is C29H24O2S. The van der Waals surface area contributed by atoms with E-state index in [4.69, 9.17) is 4.74 Å². The fourth-order valence-corrected chi connectivity index (χ4v) is 4.12. The van der Waals surface area contributed by atoms with Gasteiger partial charge in [0.25, 0.3) is 0 Å². The second kappa shape index (κ2) is 10.0. The Morgan fingerprint density at radius 3 is 2.41 bits per heavy atom. The minimum absolute atomic E-state index is 0.267. The summed E-state index contributed by atoms with van der Waals surface area (Å²) in [7, 11) is 0. The van der Waals surface area contributed by atoms with E-state index in [1.807, 2.05) is 49.4 Å². The third-order valence-electron chi connectivity index (χ3n) is 5.04. The topological polar surface area (TPSA) is 29.5 Å². The number of rotatable bonds is 5. The number of benzene rings is 3. The van der Waals surface area contributed by atoms with Crippen molar-refractivity contribution < 1.29 is 9.84 Å². The fraction of sp³-hybridized carbons (Fsp3) is 0.103. The van der Waals surface area contributed by atoms with Crippen LogP contribution in [0.4, 0.5) is 0 Å². The van der Waals surface area contributed by atoms with Gasteiger partial charge in [-0.3, -0.25) is 0 Å². The molecule has 1 heterocycles. The van der Waals surface area contributed by atoms with E-state index in [9.17, 15) is 5.11 Å².